The average molecular weight is 439 g/mol. The molecule has 0 amide bonds. The SMILES string of the molecule is C#C/C=C\[C@H](OCOC)[C@@H](O)CCO[Si](c1ccccc1)(c1ccccc1)C(C)(C)C. The Morgan fingerprint density at radius 2 is 1.58 bits per heavy atom. The van der Waals surface area contributed by atoms with Crippen molar-refractivity contribution in [2.75, 3.05) is 20.5 Å². The number of allylic oxidation sites excluding steroid dienone is 1. The van der Waals surface area contributed by atoms with Crippen LogP contribution in [0.25, 0.3) is 0 Å². The molecule has 2 atom stereocenters. The maximum Gasteiger partial charge on any atom is 0.261 e. The molecule has 31 heavy (non-hydrogen) atoms. The molecule has 0 spiro atoms. The Hall–Kier alpha value is -2.20. The molecular weight excluding hydrogens is 404 g/mol. The van der Waals surface area contributed by atoms with E-state index in [0.29, 0.717) is 13.0 Å². The third-order valence-corrected chi connectivity index (χ3v) is 10.3. The molecule has 2 rings (SSSR count). The van der Waals surface area contributed by atoms with E-state index in [1.807, 2.05) is 12.1 Å². The Morgan fingerprint density at radius 1 is 1.03 bits per heavy atom. The first-order valence-electron chi connectivity index (χ1n) is 10.5. The van der Waals surface area contributed by atoms with Crippen LogP contribution in [0.4, 0.5) is 0 Å². The van der Waals surface area contributed by atoms with Crippen LogP contribution in [0.2, 0.25) is 5.04 Å². The van der Waals surface area contributed by atoms with Crippen molar-refractivity contribution in [2.45, 2.75) is 44.4 Å². The van der Waals surface area contributed by atoms with Crippen molar-refractivity contribution < 1.29 is 19.0 Å². The zero-order valence-corrected chi connectivity index (χ0v) is 20.0. The lowest BCUT2D eigenvalue weighted by Crippen LogP contribution is -2.66. The largest absolute Gasteiger partial charge is 0.407 e. The summed E-state index contributed by atoms with van der Waals surface area (Å²) in [6.07, 6.45) is 7.61. The van der Waals surface area contributed by atoms with Gasteiger partial charge < -0.3 is 19.0 Å². The lowest BCUT2D eigenvalue weighted by atomic mass is 10.1. The van der Waals surface area contributed by atoms with Crippen LogP contribution in [0.5, 0.6) is 0 Å². The number of hydrogen-bond donors (Lipinski definition) is 1. The lowest BCUT2D eigenvalue weighted by Gasteiger charge is -2.43. The molecule has 0 aliphatic heterocycles. The van der Waals surface area contributed by atoms with Crippen LogP contribution in [0, 0.1) is 12.3 Å². The monoisotopic (exact) mass is 438 g/mol. The zero-order chi connectivity index (χ0) is 22.7. The van der Waals surface area contributed by atoms with Gasteiger partial charge in [-0.2, -0.15) is 0 Å². The maximum absolute atomic E-state index is 10.7. The molecule has 5 heteroatoms. The summed E-state index contributed by atoms with van der Waals surface area (Å²) in [5, 5.41) is 13.0. The number of aliphatic hydroxyl groups is 1. The van der Waals surface area contributed by atoms with E-state index >= 15 is 0 Å². The summed E-state index contributed by atoms with van der Waals surface area (Å²) < 4.78 is 17.4. The van der Waals surface area contributed by atoms with E-state index in [0.717, 1.165) is 0 Å². The van der Waals surface area contributed by atoms with E-state index in [1.165, 1.54) is 16.4 Å². The molecule has 0 bridgehead atoms. The molecular formula is C26H34O4Si. The van der Waals surface area contributed by atoms with Crippen LogP contribution in [-0.4, -0.2) is 46.1 Å². The molecule has 0 saturated carbocycles. The topological polar surface area (TPSA) is 47.9 Å². The minimum atomic E-state index is -2.63. The normalized spacial score (nSPS) is 14.3. The van der Waals surface area contributed by atoms with Gasteiger partial charge in [-0.3, -0.25) is 0 Å². The molecule has 0 heterocycles. The smallest absolute Gasteiger partial charge is 0.261 e. The Morgan fingerprint density at radius 3 is 2.03 bits per heavy atom. The van der Waals surface area contributed by atoms with Crippen molar-refractivity contribution in [3.05, 3.63) is 72.8 Å². The molecule has 0 unspecified atom stereocenters. The Labute approximate surface area is 188 Å². The fraction of sp³-hybridized carbons (Fsp3) is 0.385. The molecule has 0 fully saturated rings. The van der Waals surface area contributed by atoms with Gasteiger partial charge in [0.15, 0.2) is 0 Å². The van der Waals surface area contributed by atoms with Gasteiger partial charge in [0.25, 0.3) is 8.32 Å². The minimum Gasteiger partial charge on any atom is -0.407 e. The summed E-state index contributed by atoms with van der Waals surface area (Å²) in [7, 11) is -1.09. The molecule has 2 aromatic rings. The summed E-state index contributed by atoms with van der Waals surface area (Å²) in [5.41, 5.74) is 0. The lowest BCUT2D eigenvalue weighted by molar-refractivity contribution is -0.0960. The standard InChI is InChI=1S/C26H34O4Si/c1-6-7-18-25(29-21-28-5)24(27)19-20-30-31(26(2,3)4,22-14-10-8-11-15-22)23-16-12-9-13-17-23/h1,7-18,24-25,27H,19-21H2,2-5H3/b18-7-/t24-,25-/m0/s1. The molecule has 0 saturated heterocycles. The van der Waals surface area contributed by atoms with Gasteiger partial charge in [-0.15, -0.1) is 6.42 Å². The molecule has 0 aliphatic rings. The van der Waals surface area contributed by atoms with Gasteiger partial charge in [-0.1, -0.05) is 87.4 Å². The summed E-state index contributed by atoms with van der Waals surface area (Å²) >= 11 is 0. The van der Waals surface area contributed by atoms with Crippen molar-refractivity contribution >= 4 is 18.7 Å². The quantitative estimate of drug-likeness (QED) is 0.331. The van der Waals surface area contributed by atoms with E-state index in [9.17, 15) is 5.11 Å². The van der Waals surface area contributed by atoms with Gasteiger partial charge in [-0.05, 0) is 34.0 Å². The first-order chi connectivity index (χ1) is 14.9. The Balaban J connectivity index is 2.30. The van der Waals surface area contributed by atoms with Crippen LogP contribution in [0.3, 0.4) is 0 Å². The first-order valence-corrected chi connectivity index (χ1v) is 12.4. The summed E-state index contributed by atoms with van der Waals surface area (Å²) in [6.45, 7) is 7.17. The number of terminal acetylenes is 1. The summed E-state index contributed by atoms with van der Waals surface area (Å²) in [6, 6.07) is 20.9. The molecule has 2 aromatic carbocycles. The number of aliphatic hydroxyl groups excluding tert-OH is 1. The summed E-state index contributed by atoms with van der Waals surface area (Å²) in [4.78, 5) is 0. The van der Waals surface area contributed by atoms with Crippen molar-refractivity contribution in [1.82, 2.24) is 0 Å². The number of ether oxygens (including phenoxy) is 2. The van der Waals surface area contributed by atoms with E-state index in [2.05, 4.69) is 75.2 Å². The Bertz CT molecular complexity index is 798. The van der Waals surface area contributed by atoms with Gasteiger partial charge in [-0.25, -0.2) is 0 Å². The highest BCUT2D eigenvalue weighted by Crippen LogP contribution is 2.36. The second kappa shape index (κ2) is 12.0. The van der Waals surface area contributed by atoms with Gasteiger partial charge >= 0.3 is 0 Å². The van der Waals surface area contributed by atoms with Gasteiger partial charge in [0.1, 0.15) is 12.9 Å². The average Bonchev–Trinajstić information content (AvgIpc) is 2.77. The molecule has 0 aromatic heterocycles. The predicted molar refractivity (Wildman–Crippen MR) is 129 cm³/mol. The predicted octanol–water partition coefficient (Wildman–Crippen LogP) is 3.49. The van der Waals surface area contributed by atoms with Crippen LogP contribution in [0.1, 0.15) is 27.2 Å². The second-order valence-electron chi connectivity index (χ2n) is 8.43. The number of methoxy groups -OCH3 is 1. The number of benzene rings is 2. The second-order valence-corrected chi connectivity index (χ2v) is 12.7. The van der Waals surface area contributed by atoms with Crippen LogP contribution >= 0.6 is 0 Å². The van der Waals surface area contributed by atoms with Gasteiger partial charge in [0, 0.05) is 13.7 Å². The summed E-state index contributed by atoms with van der Waals surface area (Å²) in [5.74, 6) is 2.44. The van der Waals surface area contributed by atoms with Crippen molar-refractivity contribution in [1.29, 1.82) is 0 Å². The van der Waals surface area contributed by atoms with Crippen LogP contribution in [-0.2, 0) is 13.9 Å². The number of rotatable bonds is 11. The first kappa shape index (κ1) is 25.1. The molecule has 0 radical (unpaired) electrons. The molecule has 166 valence electrons. The van der Waals surface area contributed by atoms with E-state index < -0.39 is 20.5 Å². The third-order valence-electron chi connectivity index (χ3n) is 5.29. The van der Waals surface area contributed by atoms with Gasteiger partial charge in [0.05, 0.1) is 6.10 Å². The zero-order valence-electron chi connectivity index (χ0n) is 19.0. The molecule has 4 nitrogen and oxygen atoms in total. The highest BCUT2D eigenvalue weighted by atomic mass is 28.4. The van der Waals surface area contributed by atoms with Crippen molar-refractivity contribution in [3.8, 4) is 12.3 Å². The number of hydrogen-bond acceptors (Lipinski definition) is 4. The van der Waals surface area contributed by atoms with Crippen LogP contribution < -0.4 is 10.4 Å². The van der Waals surface area contributed by atoms with Crippen LogP contribution in [0.15, 0.2) is 72.8 Å². The molecule has 0 aliphatic carbocycles. The fourth-order valence-electron chi connectivity index (χ4n) is 3.85. The van der Waals surface area contributed by atoms with Gasteiger partial charge in [0.2, 0.25) is 0 Å². The highest BCUT2D eigenvalue weighted by Gasteiger charge is 2.50. The molecule has 1 N–H and O–H groups in total. The minimum absolute atomic E-state index is 0.0756. The van der Waals surface area contributed by atoms with Crippen molar-refractivity contribution in [3.63, 3.8) is 0 Å². The third kappa shape index (κ3) is 6.39. The maximum atomic E-state index is 10.7. The fourth-order valence-corrected chi connectivity index (χ4v) is 8.43. The van der Waals surface area contributed by atoms with E-state index in [1.54, 1.807) is 13.2 Å². The van der Waals surface area contributed by atoms with E-state index in [4.69, 9.17) is 20.3 Å². The van der Waals surface area contributed by atoms with Crippen molar-refractivity contribution in [2.24, 2.45) is 0 Å². The Kier molecular flexibility index (Phi) is 9.69. The highest BCUT2D eigenvalue weighted by molar-refractivity contribution is 6.99. The van der Waals surface area contributed by atoms with E-state index in [-0.39, 0.29) is 11.8 Å².